The van der Waals surface area contributed by atoms with Crippen LogP contribution in [0.5, 0.6) is 0 Å². The number of hydrogen-bond acceptors (Lipinski definition) is 6. The lowest BCUT2D eigenvalue weighted by molar-refractivity contribution is -0.124. The minimum atomic E-state index is -1.25. The van der Waals surface area contributed by atoms with Gasteiger partial charge in [0.15, 0.2) is 0 Å². The Morgan fingerprint density at radius 1 is 0.578 bits per heavy atom. The lowest BCUT2D eigenvalue weighted by Gasteiger charge is -2.26. The second-order valence-corrected chi connectivity index (χ2v) is 12.4. The molecule has 0 aliphatic heterocycles. The van der Waals surface area contributed by atoms with Crippen LogP contribution in [0.1, 0.15) is 149 Å². The van der Waals surface area contributed by atoms with Gasteiger partial charge in [0, 0.05) is 6.42 Å². The molecule has 0 saturated carbocycles. The summed E-state index contributed by atoms with van der Waals surface area (Å²) in [7, 11) is 0. The first kappa shape index (κ1) is 43.2. The average molecular weight is 636 g/mol. The standard InChI is InChI=1S/C38H69NO6/c1-3-5-7-9-11-13-15-17-19-21-23-25-28-34(41)35(42)30-27-31-37(44)39-33(32-40)38(45)36(43)29-26-24-22-20-18-16-14-12-10-8-6-4-2/h5,7,11,13,17,19,23,25,33-36,38,40-43,45H,3-4,6,8-10,12,14-16,18,20-22,24,26-32H2,1-2H3,(H,39,44)/b7-5-,13-11-,19-17-,25-23-/t33-,34+,35+,36-,38-/m0/s1. The molecule has 0 saturated heterocycles. The van der Waals surface area contributed by atoms with Gasteiger partial charge in [-0.05, 0) is 51.4 Å². The predicted molar refractivity (Wildman–Crippen MR) is 188 cm³/mol. The van der Waals surface area contributed by atoms with Crippen LogP contribution < -0.4 is 5.32 Å². The molecule has 7 nitrogen and oxygen atoms in total. The van der Waals surface area contributed by atoms with Crippen molar-refractivity contribution in [1.29, 1.82) is 0 Å². The lowest BCUT2D eigenvalue weighted by Crippen LogP contribution is -2.50. The number of aliphatic hydroxyl groups excluding tert-OH is 5. The van der Waals surface area contributed by atoms with Crippen LogP contribution >= 0.6 is 0 Å². The molecule has 0 heterocycles. The third-order valence-electron chi connectivity index (χ3n) is 8.15. The van der Waals surface area contributed by atoms with Crippen LogP contribution in [0.2, 0.25) is 0 Å². The van der Waals surface area contributed by atoms with Crippen molar-refractivity contribution in [3.63, 3.8) is 0 Å². The Kier molecular flexibility index (Phi) is 30.9. The Morgan fingerprint density at radius 3 is 1.56 bits per heavy atom. The van der Waals surface area contributed by atoms with E-state index in [0.29, 0.717) is 19.3 Å². The van der Waals surface area contributed by atoms with Crippen molar-refractivity contribution < 1.29 is 30.3 Å². The third-order valence-corrected chi connectivity index (χ3v) is 8.15. The summed E-state index contributed by atoms with van der Waals surface area (Å²) in [6.45, 7) is 3.89. The molecule has 1 amide bonds. The maximum Gasteiger partial charge on any atom is 0.220 e. The molecule has 0 aromatic rings. The van der Waals surface area contributed by atoms with E-state index in [1.54, 1.807) is 0 Å². The van der Waals surface area contributed by atoms with Crippen LogP contribution in [-0.2, 0) is 4.79 Å². The first-order valence-electron chi connectivity index (χ1n) is 18.1. The van der Waals surface area contributed by atoms with Crippen molar-refractivity contribution in [2.24, 2.45) is 0 Å². The second kappa shape index (κ2) is 32.2. The number of allylic oxidation sites excluding steroid dienone is 7. The SMILES string of the molecule is CC/C=C\C/C=C\C/C=C\C/C=C\C[C@@H](O)[C@H](O)CCCC(=O)N[C@@H](CO)[C@H](O)[C@@H](O)CCCCCCCCCCCCCC. The zero-order valence-corrected chi connectivity index (χ0v) is 28.7. The Hall–Kier alpha value is -1.77. The van der Waals surface area contributed by atoms with Gasteiger partial charge < -0.3 is 30.8 Å². The summed E-state index contributed by atoms with van der Waals surface area (Å²) in [4.78, 5) is 12.4. The quantitative estimate of drug-likeness (QED) is 0.0349. The average Bonchev–Trinajstić information content (AvgIpc) is 3.03. The van der Waals surface area contributed by atoms with E-state index in [2.05, 4.69) is 55.6 Å². The van der Waals surface area contributed by atoms with E-state index in [-0.39, 0.29) is 18.7 Å². The Bertz CT molecular complexity index is 780. The number of rotatable bonds is 31. The summed E-state index contributed by atoms with van der Waals surface area (Å²) in [6.07, 6.45) is 32.2. The molecule has 262 valence electrons. The van der Waals surface area contributed by atoms with Crippen molar-refractivity contribution in [1.82, 2.24) is 5.32 Å². The van der Waals surface area contributed by atoms with Crippen LogP contribution in [0, 0.1) is 0 Å². The van der Waals surface area contributed by atoms with Gasteiger partial charge in [0.2, 0.25) is 5.91 Å². The van der Waals surface area contributed by atoms with Gasteiger partial charge in [-0.2, -0.15) is 0 Å². The van der Waals surface area contributed by atoms with Crippen LogP contribution in [0.4, 0.5) is 0 Å². The number of hydrogen-bond donors (Lipinski definition) is 6. The molecule has 0 radical (unpaired) electrons. The number of unbranched alkanes of at least 4 members (excludes halogenated alkanes) is 11. The summed E-state index contributed by atoms with van der Waals surface area (Å²) in [6, 6.07) is -0.946. The molecule has 0 fully saturated rings. The normalized spacial score (nSPS) is 15.8. The molecular weight excluding hydrogens is 566 g/mol. The summed E-state index contributed by atoms with van der Waals surface area (Å²) in [5, 5.41) is 53.7. The highest BCUT2D eigenvalue weighted by molar-refractivity contribution is 5.76. The highest BCUT2D eigenvalue weighted by Crippen LogP contribution is 2.15. The van der Waals surface area contributed by atoms with Crippen LogP contribution in [-0.4, -0.2) is 68.5 Å². The fraction of sp³-hybridized carbons (Fsp3) is 0.763. The zero-order chi connectivity index (χ0) is 33.4. The topological polar surface area (TPSA) is 130 Å². The maximum atomic E-state index is 12.4. The molecule has 0 aromatic carbocycles. The molecule has 7 heteroatoms. The fourth-order valence-corrected chi connectivity index (χ4v) is 5.19. The minimum Gasteiger partial charge on any atom is -0.394 e. The van der Waals surface area contributed by atoms with E-state index in [1.165, 1.54) is 57.8 Å². The summed E-state index contributed by atoms with van der Waals surface area (Å²) < 4.78 is 0. The number of carbonyl (C=O) groups excluding carboxylic acids is 1. The van der Waals surface area contributed by atoms with Crippen LogP contribution in [0.25, 0.3) is 0 Å². The van der Waals surface area contributed by atoms with Gasteiger partial charge in [0.25, 0.3) is 0 Å². The molecule has 0 spiro atoms. The molecule has 0 aromatic heterocycles. The number of amides is 1. The number of aliphatic hydroxyl groups is 5. The van der Waals surface area contributed by atoms with Crippen molar-refractivity contribution in [3.8, 4) is 0 Å². The van der Waals surface area contributed by atoms with Gasteiger partial charge in [0.1, 0.15) is 6.10 Å². The summed E-state index contributed by atoms with van der Waals surface area (Å²) in [5.41, 5.74) is 0. The van der Waals surface area contributed by atoms with Crippen LogP contribution in [0.3, 0.4) is 0 Å². The number of carbonyl (C=O) groups is 1. The van der Waals surface area contributed by atoms with E-state index < -0.39 is 37.1 Å². The van der Waals surface area contributed by atoms with Gasteiger partial charge in [-0.15, -0.1) is 0 Å². The smallest absolute Gasteiger partial charge is 0.220 e. The second-order valence-electron chi connectivity index (χ2n) is 12.4. The third kappa shape index (κ3) is 27.1. The predicted octanol–water partition coefficient (Wildman–Crippen LogP) is 7.36. The molecule has 6 N–H and O–H groups in total. The number of nitrogens with one attached hydrogen (secondary N) is 1. The molecule has 45 heavy (non-hydrogen) atoms. The highest BCUT2D eigenvalue weighted by atomic mass is 16.3. The van der Waals surface area contributed by atoms with Gasteiger partial charge in [-0.3, -0.25) is 4.79 Å². The van der Waals surface area contributed by atoms with Gasteiger partial charge in [-0.25, -0.2) is 0 Å². The highest BCUT2D eigenvalue weighted by Gasteiger charge is 2.27. The first-order chi connectivity index (χ1) is 21.9. The first-order valence-corrected chi connectivity index (χ1v) is 18.1. The van der Waals surface area contributed by atoms with Crippen molar-refractivity contribution >= 4 is 5.91 Å². The van der Waals surface area contributed by atoms with E-state index in [4.69, 9.17) is 0 Å². The largest absolute Gasteiger partial charge is 0.394 e. The molecule has 0 aliphatic rings. The fourth-order valence-electron chi connectivity index (χ4n) is 5.19. The van der Waals surface area contributed by atoms with E-state index in [0.717, 1.165) is 44.9 Å². The maximum absolute atomic E-state index is 12.4. The Labute approximate surface area is 275 Å². The summed E-state index contributed by atoms with van der Waals surface area (Å²) >= 11 is 0. The molecule has 5 atom stereocenters. The van der Waals surface area contributed by atoms with Crippen molar-refractivity contribution in [3.05, 3.63) is 48.6 Å². The summed E-state index contributed by atoms with van der Waals surface area (Å²) in [5.74, 6) is -0.369. The Balaban J connectivity index is 4.03. The van der Waals surface area contributed by atoms with Gasteiger partial charge >= 0.3 is 0 Å². The van der Waals surface area contributed by atoms with Crippen molar-refractivity contribution in [2.75, 3.05) is 6.61 Å². The van der Waals surface area contributed by atoms with E-state index >= 15 is 0 Å². The monoisotopic (exact) mass is 636 g/mol. The lowest BCUT2D eigenvalue weighted by atomic mass is 9.99. The van der Waals surface area contributed by atoms with Crippen molar-refractivity contribution in [2.45, 2.75) is 179 Å². The van der Waals surface area contributed by atoms with Gasteiger partial charge in [0.05, 0.1) is 31.0 Å². The molecule has 0 unspecified atom stereocenters. The van der Waals surface area contributed by atoms with Crippen LogP contribution in [0.15, 0.2) is 48.6 Å². The van der Waals surface area contributed by atoms with E-state index in [9.17, 15) is 30.3 Å². The minimum absolute atomic E-state index is 0.0891. The van der Waals surface area contributed by atoms with Gasteiger partial charge in [-0.1, -0.05) is 140 Å². The molecular formula is C38H69NO6. The molecule has 0 aliphatic carbocycles. The zero-order valence-electron chi connectivity index (χ0n) is 28.7. The van der Waals surface area contributed by atoms with E-state index in [1.807, 2.05) is 12.2 Å². The Morgan fingerprint density at radius 2 is 1.04 bits per heavy atom. The molecule has 0 bridgehead atoms. The molecule has 0 rings (SSSR count).